The van der Waals surface area contributed by atoms with Crippen LogP contribution in [0.1, 0.15) is 0 Å². The van der Waals surface area contributed by atoms with Crippen molar-refractivity contribution in [1.82, 2.24) is 4.40 Å². The maximum Gasteiger partial charge on any atom is 0.200 e. The van der Waals surface area contributed by atoms with Gasteiger partial charge < -0.3 is 8.82 Å². The van der Waals surface area contributed by atoms with Gasteiger partial charge in [0.25, 0.3) is 0 Å². The fourth-order valence-corrected chi connectivity index (χ4v) is 8.33. The Labute approximate surface area is 298 Å². The number of aromatic nitrogens is 1. The second-order valence-electron chi connectivity index (χ2n) is 13.6. The molecule has 11 aromatic rings. The minimum absolute atomic E-state index is 0.0131. The van der Waals surface area contributed by atoms with Crippen molar-refractivity contribution < 1.29 is 4.42 Å². The van der Waals surface area contributed by atoms with Gasteiger partial charge in [-0.15, -0.1) is 0 Å². The highest BCUT2D eigenvalue weighted by atomic mass is 16.3. The average Bonchev–Trinajstić information content (AvgIpc) is 3.74. The monoisotopic (exact) mass is 663 g/mol. The quantitative estimate of drug-likeness (QED) is 0.176. The van der Waals surface area contributed by atoms with Crippen molar-refractivity contribution >= 4 is 60.0 Å². The SMILES string of the molecule is O=c1c2ccccc2oc2ccc(-c3cccc(-c4cc(-c5ccccc5)cc(-c5cccc6c5c5cccc7c8ccccc8n6c75)c4)c3)cc12. The smallest absolute Gasteiger partial charge is 0.200 e. The zero-order valence-corrected chi connectivity index (χ0v) is 28.0. The number of hydrogen-bond donors (Lipinski definition) is 0. The fourth-order valence-electron chi connectivity index (χ4n) is 8.33. The number of benzene rings is 8. The Morgan fingerprint density at radius 3 is 1.83 bits per heavy atom. The molecule has 0 saturated carbocycles. The molecule has 0 atom stereocenters. The zero-order valence-electron chi connectivity index (χ0n) is 28.0. The van der Waals surface area contributed by atoms with Gasteiger partial charge in [-0.25, -0.2) is 0 Å². The van der Waals surface area contributed by atoms with Crippen LogP contribution in [0, 0.1) is 0 Å². The third-order valence-corrected chi connectivity index (χ3v) is 10.7. The molecule has 0 amide bonds. The van der Waals surface area contributed by atoms with Gasteiger partial charge in [0.15, 0.2) is 0 Å². The molecule has 0 unspecified atom stereocenters. The van der Waals surface area contributed by atoms with E-state index in [0.29, 0.717) is 21.9 Å². The molecule has 3 aromatic heterocycles. The lowest BCUT2D eigenvalue weighted by Gasteiger charge is -2.14. The molecule has 3 nitrogen and oxygen atoms in total. The Hall–Kier alpha value is -6.97. The van der Waals surface area contributed by atoms with Crippen molar-refractivity contribution in [2.24, 2.45) is 0 Å². The highest BCUT2D eigenvalue weighted by Gasteiger charge is 2.20. The molecule has 3 heterocycles. The average molecular weight is 664 g/mol. The Balaban J connectivity index is 1.12. The van der Waals surface area contributed by atoms with Crippen molar-refractivity contribution in [2.45, 2.75) is 0 Å². The third kappa shape index (κ3) is 4.23. The molecule has 3 heteroatoms. The van der Waals surface area contributed by atoms with Crippen LogP contribution in [0.2, 0.25) is 0 Å². The first kappa shape index (κ1) is 28.8. The van der Waals surface area contributed by atoms with E-state index in [9.17, 15) is 4.79 Å². The van der Waals surface area contributed by atoms with E-state index in [1.165, 1.54) is 54.8 Å². The second kappa shape index (κ2) is 11.0. The maximum atomic E-state index is 13.5. The maximum absolute atomic E-state index is 13.5. The van der Waals surface area contributed by atoms with Crippen LogP contribution in [0.15, 0.2) is 185 Å². The van der Waals surface area contributed by atoms with Crippen LogP contribution in [-0.4, -0.2) is 4.40 Å². The minimum Gasteiger partial charge on any atom is -0.456 e. The van der Waals surface area contributed by atoms with E-state index in [2.05, 4.69) is 138 Å². The summed E-state index contributed by atoms with van der Waals surface area (Å²) in [7, 11) is 0. The van der Waals surface area contributed by atoms with E-state index in [4.69, 9.17) is 4.42 Å². The van der Waals surface area contributed by atoms with Crippen LogP contribution in [0.4, 0.5) is 0 Å². The van der Waals surface area contributed by atoms with Gasteiger partial charge in [0.2, 0.25) is 5.43 Å². The van der Waals surface area contributed by atoms with Gasteiger partial charge in [0, 0.05) is 21.5 Å². The van der Waals surface area contributed by atoms with Gasteiger partial charge in [-0.2, -0.15) is 0 Å². The molecule has 0 saturated heterocycles. The first-order valence-corrected chi connectivity index (χ1v) is 17.6. The first-order chi connectivity index (χ1) is 25.7. The Morgan fingerprint density at radius 2 is 0.942 bits per heavy atom. The van der Waals surface area contributed by atoms with E-state index >= 15 is 0 Å². The summed E-state index contributed by atoms with van der Waals surface area (Å²) in [4.78, 5) is 13.5. The molecule has 0 N–H and O–H groups in total. The van der Waals surface area contributed by atoms with E-state index < -0.39 is 0 Å². The number of rotatable bonds is 4. The molecule has 0 aliphatic heterocycles. The van der Waals surface area contributed by atoms with Crippen LogP contribution >= 0.6 is 0 Å². The number of nitrogens with zero attached hydrogens (tertiary/aromatic N) is 1. The molecular weight excluding hydrogens is 635 g/mol. The number of fused-ring (bicyclic) bond motifs is 8. The lowest BCUT2D eigenvalue weighted by molar-refractivity contribution is 0.660. The van der Waals surface area contributed by atoms with Gasteiger partial charge in [-0.1, -0.05) is 115 Å². The normalized spacial score (nSPS) is 11.9. The van der Waals surface area contributed by atoms with Crippen molar-refractivity contribution in [2.75, 3.05) is 0 Å². The molecule has 52 heavy (non-hydrogen) atoms. The standard InChI is InChI=1S/C49H29NO2/c51-49-40-16-5-7-22-45(40)52-46-24-23-33(29-42(46)49)31-13-8-14-32(25-31)35-26-34(30-11-2-1-3-12-30)27-36(28-35)37-17-10-21-44-47(37)41-19-9-18-39-38-15-4-6-20-43(38)50(44)48(39)41/h1-29H. The molecule has 0 fully saturated rings. The summed E-state index contributed by atoms with van der Waals surface area (Å²) in [6.07, 6.45) is 0. The summed E-state index contributed by atoms with van der Waals surface area (Å²) in [6, 6.07) is 61.7. The van der Waals surface area contributed by atoms with Crippen LogP contribution in [0.3, 0.4) is 0 Å². The molecule has 0 bridgehead atoms. The van der Waals surface area contributed by atoms with Gasteiger partial charge in [0.05, 0.1) is 27.3 Å². The molecule has 242 valence electrons. The Kier molecular flexibility index (Phi) is 6.11. The van der Waals surface area contributed by atoms with Gasteiger partial charge in [-0.05, 0) is 105 Å². The Bertz CT molecular complexity index is 3260. The molecule has 0 aliphatic rings. The topological polar surface area (TPSA) is 34.6 Å². The van der Waals surface area contributed by atoms with E-state index in [-0.39, 0.29) is 5.43 Å². The summed E-state index contributed by atoms with van der Waals surface area (Å²) >= 11 is 0. The van der Waals surface area contributed by atoms with Crippen molar-refractivity contribution in [3.8, 4) is 44.5 Å². The molecule has 8 aromatic carbocycles. The second-order valence-corrected chi connectivity index (χ2v) is 13.6. The summed E-state index contributed by atoms with van der Waals surface area (Å²) in [5.41, 5.74) is 13.9. The van der Waals surface area contributed by atoms with Crippen LogP contribution < -0.4 is 5.43 Å². The van der Waals surface area contributed by atoms with E-state index in [0.717, 1.165) is 27.8 Å². The summed E-state index contributed by atoms with van der Waals surface area (Å²) in [5.74, 6) is 0. The molecule has 0 spiro atoms. The molecule has 0 aliphatic carbocycles. The van der Waals surface area contributed by atoms with Crippen molar-refractivity contribution in [3.05, 3.63) is 186 Å². The number of para-hydroxylation sites is 3. The van der Waals surface area contributed by atoms with Crippen LogP contribution in [0.25, 0.3) is 105 Å². The molecule has 0 radical (unpaired) electrons. The first-order valence-electron chi connectivity index (χ1n) is 17.6. The fraction of sp³-hybridized carbons (Fsp3) is 0. The van der Waals surface area contributed by atoms with E-state index in [1.807, 2.05) is 42.5 Å². The summed E-state index contributed by atoms with van der Waals surface area (Å²) < 4.78 is 8.55. The van der Waals surface area contributed by atoms with E-state index in [1.54, 1.807) is 0 Å². The highest BCUT2D eigenvalue weighted by molar-refractivity contribution is 6.26. The molecular formula is C49H29NO2. The summed E-state index contributed by atoms with van der Waals surface area (Å²) in [5, 5.41) is 6.27. The van der Waals surface area contributed by atoms with Crippen molar-refractivity contribution in [1.29, 1.82) is 0 Å². The van der Waals surface area contributed by atoms with Crippen molar-refractivity contribution in [3.63, 3.8) is 0 Å². The lowest BCUT2D eigenvalue weighted by Crippen LogP contribution is -2.01. The summed E-state index contributed by atoms with van der Waals surface area (Å²) in [6.45, 7) is 0. The van der Waals surface area contributed by atoms with Gasteiger partial charge in [-0.3, -0.25) is 4.79 Å². The highest BCUT2D eigenvalue weighted by Crippen LogP contribution is 2.44. The number of hydrogen-bond acceptors (Lipinski definition) is 2. The van der Waals surface area contributed by atoms with Gasteiger partial charge in [0.1, 0.15) is 11.2 Å². The predicted octanol–water partition coefficient (Wildman–Crippen LogP) is 12.8. The van der Waals surface area contributed by atoms with Crippen LogP contribution in [0.5, 0.6) is 0 Å². The predicted molar refractivity (Wildman–Crippen MR) is 216 cm³/mol. The Morgan fingerprint density at radius 1 is 0.365 bits per heavy atom. The third-order valence-electron chi connectivity index (χ3n) is 10.7. The minimum atomic E-state index is -0.0131. The molecule has 11 rings (SSSR count). The lowest BCUT2D eigenvalue weighted by atomic mass is 9.90. The largest absolute Gasteiger partial charge is 0.456 e. The zero-order chi connectivity index (χ0) is 34.3. The van der Waals surface area contributed by atoms with Gasteiger partial charge >= 0.3 is 0 Å². The van der Waals surface area contributed by atoms with Crippen LogP contribution in [-0.2, 0) is 0 Å².